The highest BCUT2D eigenvalue weighted by Gasteiger charge is 2.14. The molecule has 0 aliphatic heterocycles. The van der Waals surface area contributed by atoms with E-state index in [9.17, 15) is 9.59 Å². The zero-order chi connectivity index (χ0) is 18.5. The third-order valence-electron chi connectivity index (χ3n) is 3.46. The van der Waals surface area contributed by atoms with Crippen molar-refractivity contribution in [3.63, 3.8) is 0 Å². The fourth-order valence-corrected chi connectivity index (χ4v) is 3.36. The van der Waals surface area contributed by atoms with Crippen molar-refractivity contribution in [3.8, 4) is 5.75 Å². The van der Waals surface area contributed by atoms with E-state index in [1.807, 2.05) is 12.1 Å². The SMILES string of the molecule is CCOC(=O)Cn1c(=NC(=O)c2cnccn2)sc2cc(OC)ccc21. The molecule has 2 aromatic heterocycles. The highest BCUT2D eigenvalue weighted by Crippen LogP contribution is 2.23. The predicted molar refractivity (Wildman–Crippen MR) is 94.9 cm³/mol. The number of hydrogen-bond acceptors (Lipinski definition) is 7. The molecule has 8 nitrogen and oxygen atoms in total. The van der Waals surface area contributed by atoms with E-state index in [1.54, 1.807) is 24.7 Å². The van der Waals surface area contributed by atoms with Crippen molar-refractivity contribution in [1.82, 2.24) is 14.5 Å². The van der Waals surface area contributed by atoms with Crippen LogP contribution in [0.25, 0.3) is 10.2 Å². The van der Waals surface area contributed by atoms with Gasteiger partial charge in [-0.25, -0.2) is 4.98 Å². The molecular formula is C17H16N4O4S. The topological polar surface area (TPSA) is 95.7 Å². The van der Waals surface area contributed by atoms with E-state index >= 15 is 0 Å². The van der Waals surface area contributed by atoms with Gasteiger partial charge in [-0.05, 0) is 25.1 Å². The van der Waals surface area contributed by atoms with E-state index < -0.39 is 11.9 Å². The van der Waals surface area contributed by atoms with E-state index in [4.69, 9.17) is 9.47 Å². The van der Waals surface area contributed by atoms with Crippen LogP contribution in [0.5, 0.6) is 5.75 Å². The van der Waals surface area contributed by atoms with Gasteiger partial charge in [0.1, 0.15) is 18.0 Å². The predicted octanol–water partition coefficient (Wildman–Crippen LogP) is 1.81. The Balaban J connectivity index is 2.11. The fourth-order valence-electron chi connectivity index (χ4n) is 2.31. The number of thiazole rings is 1. The molecule has 0 N–H and O–H groups in total. The van der Waals surface area contributed by atoms with Crippen molar-refractivity contribution in [1.29, 1.82) is 0 Å². The Morgan fingerprint density at radius 2 is 2.15 bits per heavy atom. The second kappa shape index (κ2) is 7.87. The summed E-state index contributed by atoms with van der Waals surface area (Å²) in [5, 5.41) is 0. The van der Waals surface area contributed by atoms with Gasteiger partial charge in [0.05, 0.1) is 30.1 Å². The summed E-state index contributed by atoms with van der Waals surface area (Å²) in [6.45, 7) is 1.97. The van der Waals surface area contributed by atoms with Gasteiger partial charge in [0.25, 0.3) is 5.91 Å². The van der Waals surface area contributed by atoms with Gasteiger partial charge in [-0.2, -0.15) is 4.99 Å². The molecule has 9 heteroatoms. The third-order valence-corrected chi connectivity index (χ3v) is 4.50. The first-order valence-corrected chi connectivity index (χ1v) is 8.62. The van der Waals surface area contributed by atoms with Crippen LogP contribution >= 0.6 is 11.3 Å². The minimum absolute atomic E-state index is 0.0489. The summed E-state index contributed by atoms with van der Waals surface area (Å²) in [5.74, 6) is -0.264. The quantitative estimate of drug-likeness (QED) is 0.634. The first-order chi connectivity index (χ1) is 12.6. The van der Waals surface area contributed by atoms with E-state index in [0.717, 1.165) is 10.2 Å². The maximum atomic E-state index is 12.4. The molecule has 0 atom stereocenters. The number of carbonyl (C=O) groups is 2. The van der Waals surface area contributed by atoms with Crippen LogP contribution in [0.15, 0.2) is 41.8 Å². The van der Waals surface area contributed by atoms with E-state index in [1.165, 1.54) is 29.9 Å². The molecule has 3 aromatic rings. The molecule has 134 valence electrons. The molecule has 1 aromatic carbocycles. The van der Waals surface area contributed by atoms with E-state index in [2.05, 4.69) is 15.0 Å². The van der Waals surface area contributed by atoms with Gasteiger partial charge in [0.15, 0.2) is 4.80 Å². The Hall–Kier alpha value is -3.07. The van der Waals surface area contributed by atoms with Crippen LogP contribution in [0.2, 0.25) is 0 Å². The van der Waals surface area contributed by atoms with Crippen molar-refractivity contribution < 1.29 is 19.1 Å². The number of amides is 1. The van der Waals surface area contributed by atoms with Crippen LogP contribution in [0.4, 0.5) is 0 Å². The lowest BCUT2D eigenvalue weighted by atomic mass is 10.3. The number of rotatable bonds is 5. The summed E-state index contributed by atoms with van der Waals surface area (Å²) >= 11 is 1.28. The maximum absolute atomic E-state index is 12.4. The second-order valence-electron chi connectivity index (χ2n) is 5.12. The molecule has 0 aliphatic carbocycles. The van der Waals surface area contributed by atoms with Crippen LogP contribution in [0.1, 0.15) is 17.4 Å². The molecule has 0 saturated heterocycles. The van der Waals surface area contributed by atoms with Crippen LogP contribution in [0.3, 0.4) is 0 Å². The number of nitrogens with zero attached hydrogens (tertiary/aromatic N) is 4. The number of ether oxygens (including phenoxy) is 2. The molecule has 1 amide bonds. The van der Waals surface area contributed by atoms with Crippen molar-refractivity contribution >= 4 is 33.4 Å². The van der Waals surface area contributed by atoms with Gasteiger partial charge in [0, 0.05) is 12.4 Å². The van der Waals surface area contributed by atoms with Crippen LogP contribution < -0.4 is 9.54 Å². The lowest BCUT2D eigenvalue weighted by molar-refractivity contribution is -0.143. The van der Waals surface area contributed by atoms with Gasteiger partial charge in [-0.1, -0.05) is 11.3 Å². The van der Waals surface area contributed by atoms with Gasteiger partial charge in [-0.3, -0.25) is 14.6 Å². The van der Waals surface area contributed by atoms with Crippen LogP contribution in [-0.2, 0) is 16.1 Å². The number of hydrogen-bond donors (Lipinski definition) is 0. The molecule has 0 saturated carbocycles. The van der Waals surface area contributed by atoms with Gasteiger partial charge >= 0.3 is 5.97 Å². The number of methoxy groups -OCH3 is 1. The van der Waals surface area contributed by atoms with Gasteiger partial charge < -0.3 is 14.0 Å². The van der Waals surface area contributed by atoms with E-state index in [-0.39, 0.29) is 18.8 Å². The number of aromatic nitrogens is 3. The maximum Gasteiger partial charge on any atom is 0.326 e. The van der Waals surface area contributed by atoms with Crippen molar-refractivity contribution in [2.75, 3.05) is 13.7 Å². The standard InChI is InChI=1S/C17H16N4O4S/c1-3-25-15(22)10-21-13-5-4-11(24-2)8-14(13)26-17(21)20-16(23)12-9-18-6-7-19-12/h4-9H,3,10H2,1-2H3. The third kappa shape index (κ3) is 3.77. The number of esters is 1. The average Bonchev–Trinajstić information content (AvgIpc) is 2.98. The minimum atomic E-state index is -0.533. The smallest absolute Gasteiger partial charge is 0.326 e. The average molecular weight is 372 g/mol. The lowest BCUT2D eigenvalue weighted by Gasteiger charge is -2.05. The zero-order valence-corrected chi connectivity index (χ0v) is 15.0. The molecule has 0 bridgehead atoms. The highest BCUT2D eigenvalue weighted by molar-refractivity contribution is 7.16. The normalized spacial score (nSPS) is 11.5. The van der Waals surface area contributed by atoms with Crippen LogP contribution in [-0.4, -0.2) is 40.1 Å². The number of fused-ring (bicyclic) bond motifs is 1. The molecule has 0 fully saturated rings. The summed E-state index contributed by atoms with van der Waals surface area (Å²) in [4.78, 5) is 36.7. The van der Waals surface area contributed by atoms with Gasteiger partial charge in [-0.15, -0.1) is 0 Å². The Morgan fingerprint density at radius 3 is 2.85 bits per heavy atom. The first-order valence-electron chi connectivity index (χ1n) is 7.80. The Morgan fingerprint density at radius 1 is 1.31 bits per heavy atom. The van der Waals surface area contributed by atoms with Crippen molar-refractivity contribution in [2.45, 2.75) is 13.5 Å². The largest absolute Gasteiger partial charge is 0.497 e. The van der Waals surface area contributed by atoms with Crippen molar-refractivity contribution in [3.05, 3.63) is 47.3 Å². The number of carbonyl (C=O) groups excluding carboxylic acids is 2. The molecule has 26 heavy (non-hydrogen) atoms. The monoisotopic (exact) mass is 372 g/mol. The molecule has 3 rings (SSSR count). The molecule has 0 aliphatic rings. The lowest BCUT2D eigenvalue weighted by Crippen LogP contribution is -2.23. The molecule has 0 spiro atoms. The van der Waals surface area contributed by atoms with Gasteiger partial charge in [0.2, 0.25) is 0 Å². The minimum Gasteiger partial charge on any atom is -0.497 e. The Kier molecular flexibility index (Phi) is 5.37. The molecule has 0 unspecified atom stereocenters. The Labute approximate surface area is 152 Å². The number of benzene rings is 1. The summed E-state index contributed by atoms with van der Waals surface area (Å²) in [6.07, 6.45) is 4.24. The zero-order valence-electron chi connectivity index (χ0n) is 14.2. The summed E-state index contributed by atoms with van der Waals surface area (Å²) in [7, 11) is 1.57. The molecule has 0 radical (unpaired) electrons. The first kappa shape index (κ1) is 17.7. The second-order valence-corrected chi connectivity index (χ2v) is 6.13. The Bertz CT molecular complexity index is 1010. The van der Waals surface area contributed by atoms with Crippen molar-refractivity contribution in [2.24, 2.45) is 4.99 Å². The summed E-state index contributed by atoms with van der Waals surface area (Å²) < 4.78 is 12.7. The van der Waals surface area contributed by atoms with E-state index in [0.29, 0.717) is 10.6 Å². The fraction of sp³-hybridized carbons (Fsp3) is 0.235. The summed E-state index contributed by atoms with van der Waals surface area (Å²) in [6, 6.07) is 5.42. The molecular weight excluding hydrogens is 356 g/mol. The molecule has 2 heterocycles. The highest BCUT2D eigenvalue weighted by atomic mass is 32.1. The van der Waals surface area contributed by atoms with Crippen LogP contribution in [0, 0.1) is 0 Å². The summed E-state index contributed by atoms with van der Waals surface area (Å²) in [5.41, 5.74) is 0.889.